The van der Waals surface area contributed by atoms with Gasteiger partial charge in [-0.15, -0.1) is 0 Å². The number of rotatable bonds is 8. The molecule has 1 aliphatic rings. The minimum atomic E-state index is -3.34. The third-order valence-corrected chi connectivity index (χ3v) is 3.99. The van der Waals surface area contributed by atoms with Crippen molar-refractivity contribution in [3.8, 4) is 0 Å². The average Bonchev–Trinajstić information content (AvgIpc) is 2.35. The van der Waals surface area contributed by atoms with E-state index in [0.717, 1.165) is 0 Å². The molecule has 1 heterocycles. The van der Waals surface area contributed by atoms with Crippen molar-refractivity contribution in [3.63, 3.8) is 0 Å². The zero-order valence-corrected chi connectivity index (χ0v) is 11.0. The van der Waals surface area contributed by atoms with E-state index in [1.54, 1.807) is 7.11 Å². The van der Waals surface area contributed by atoms with Crippen LogP contribution in [0.4, 0.5) is 0 Å². The molecule has 102 valence electrons. The standard InChI is InChI=1S/C9H21N3O4S/c1-15-8-9-16-7-4-11-17(13,14)12-5-2-10-3-6-12/h10-11H,2-9H2,1H3. The SMILES string of the molecule is COCCOCCNS(=O)(=O)N1CCNCC1. The molecule has 0 spiro atoms. The van der Waals surface area contributed by atoms with Crippen LogP contribution in [0.25, 0.3) is 0 Å². The van der Waals surface area contributed by atoms with E-state index in [9.17, 15) is 8.42 Å². The highest BCUT2D eigenvalue weighted by Crippen LogP contribution is 1.99. The molecule has 1 rings (SSSR count). The van der Waals surface area contributed by atoms with Crippen LogP contribution in [-0.2, 0) is 19.7 Å². The molecule has 0 aromatic rings. The van der Waals surface area contributed by atoms with Gasteiger partial charge in [-0.3, -0.25) is 0 Å². The van der Waals surface area contributed by atoms with Crippen molar-refractivity contribution < 1.29 is 17.9 Å². The van der Waals surface area contributed by atoms with Crippen molar-refractivity contribution >= 4 is 10.2 Å². The molecule has 1 saturated heterocycles. The third-order valence-electron chi connectivity index (χ3n) is 2.38. The first kappa shape index (κ1) is 14.8. The normalized spacial score (nSPS) is 18.4. The van der Waals surface area contributed by atoms with E-state index >= 15 is 0 Å². The van der Waals surface area contributed by atoms with Gasteiger partial charge in [0.05, 0.1) is 19.8 Å². The van der Waals surface area contributed by atoms with Crippen molar-refractivity contribution in [2.75, 3.05) is 59.7 Å². The van der Waals surface area contributed by atoms with Crippen molar-refractivity contribution in [1.82, 2.24) is 14.3 Å². The first-order valence-electron chi connectivity index (χ1n) is 5.69. The summed E-state index contributed by atoms with van der Waals surface area (Å²) >= 11 is 0. The molecule has 8 heteroatoms. The maximum atomic E-state index is 11.8. The summed E-state index contributed by atoms with van der Waals surface area (Å²) in [7, 11) is -1.75. The summed E-state index contributed by atoms with van der Waals surface area (Å²) in [4.78, 5) is 0. The van der Waals surface area contributed by atoms with E-state index in [2.05, 4.69) is 10.0 Å². The van der Waals surface area contributed by atoms with Crippen LogP contribution in [0, 0.1) is 0 Å². The smallest absolute Gasteiger partial charge is 0.279 e. The Balaban J connectivity index is 2.15. The number of piperazine rings is 1. The summed E-state index contributed by atoms with van der Waals surface area (Å²) in [5.41, 5.74) is 0. The van der Waals surface area contributed by atoms with E-state index < -0.39 is 10.2 Å². The molecule has 0 bridgehead atoms. The van der Waals surface area contributed by atoms with Gasteiger partial charge >= 0.3 is 0 Å². The number of nitrogens with zero attached hydrogens (tertiary/aromatic N) is 1. The highest BCUT2D eigenvalue weighted by atomic mass is 32.2. The first-order valence-corrected chi connectivity index (χ1v) is 7.13. The fourth-order valence-corrected chi connectivity index (χ4v) is 2.65. The summed E-state index contributed by atoms with van der Waals surface area (Å²) in [6.07, 6.45) is 0. The molecule has 0 aromatic heterocycles. The van der Waals surface area contributed by atoms with Gasteiger partial charge in [0.15, 0.2) is 0 Å². The number of hydrogen-bond donors (Lipinski definition) is 2. The molecule has 0 aromatic carbocycles. The molecule has 0 amide bonds. The summed E-state index contributed by atoms with van der Waals surface area (Å²) in [5.74, 6) is 0. The fourth-order valence-electron chi connectivity index (χ4n) is 1.46. The lowest BCUT2D eigenvalue weighted by atomic mass is 10.4. The van der Waals surface area contributed by atoms with Gasteiger partial charge in [0.25, 0.3) is 10.2 Å². The molecular weight excluding hydrogens is 246 g/mol. The topological polar surface area (TPSA) is 79.9 Å². The molecule has 0 saturated carbocycles. The van der Waals surface area contributed by atoms with Gasteiger partial charge in [-0.05, 0) is 0 Å². The maximum absolute atomic E-state index is 11.8. The fraction of sp³-hybridized carbons (Fsp3) is 1.00. The lowest BCUT2D eigenvalue weighted by Crippen LogP contribution is -2.50. The van der Waals surface area contributed by atoms with E-state index in [4.69, 9.17) is 9.47 Å². The van der Waals surface area contributed by atoms with Gasteiger partial charge in [0, 0.05) is 39.8 Å². The van der Waals surface area contributed by atoms with Gasteiger partial charge in [-0.2, -0.15) is 17.4 Å². The quantitative estimate of drug-likeness (QED) is 0.517. The van der Waals surface area contributed by atoms with Crippen LogP contribution in [0.2, 0.25) is 0 Å². The monoisotopic (exact) mass is 267 g/mol. The van der Waals surface area contributed by atoms with Crippen LogP contribution >= 0.6 is 0 Å². The number of methoxy groups -OCH3 is 1. The molecule has 0 aliphatic carbocycles. The molecule has 0 radical (unpaired) electrons. The molecule has 0 unspecified atom stereocenters. The first-order chi connectivity index (χ1) is 8.17. The van der Waals surface area contributed by atoms with E-state index in [-0.39, 0.29) is 6.54 Å². The Hall–Kier alpha value is -0.250. The van der Waals surface area contributed by atoms with Crippen molar-refractivity contribution in [2.24, 2.45) is 0 Å². The van der Waals surface area contributed by atoms with E-state index in [0.29, 0.717) is 46.0 Å². The Bertz CT molecular complexity index is 291. The molecule has 1 fully saturated rings. The molecule has 17 heavy (non-hydrogen) atoms. The summed E-state index contributed by atoms with van der Waals surface area (Å²) in [6, 6.07) is 0. The summed E-state index contributed by atoms with van der Waals surface area (Å²) in [5, 5.41) is 3.10. The van der Waals surface area contributed by atoms with Gasteiger partial charge < -0.3 is 14.8 Å². The van der Waals surface area contributed by atoms with Crippen molar-refractivity contribution in [3.05, 3.63) is 0 Å². The summed E-state index contributed by atoms with van der Waals surface area (Å²) in [6.45, 7) is 4.07. The highest BCUT2D eigenvalue weighted by Gasteiger charge is 2.22. The van der Waals surface area contributed by atoms with Gasteiger partial charge in [-0.25, -0.2) is 0 Å². The lowest BCUT2D eigenvalue weighted by Gasteiger charge is -2.26. The largest absolute Gasteiger partial charge is 0.382 e. The zero-order valence-electron chi connectivity index (χ0n) is 10.1. The van der Waals surface area contributed by atoms with Crippen LogP contribution in [0.5, 0.6) is 0 Å². The second-order valence-corrected chi connectivity index (χ2v) is 5.41. The summed E-state index contributed by atoms with van der Waals surface area (Å²) < 4.78 is 37.5. The minimum absolute atomic E-state index is 0.288. The molecular formula is C9H21N3O4S. The predicted molar refractivity (Wildman–Crippen MR) is 64.1 cm³/mol. The maximum Gasteiger partial charge on any atom is 0.279 e. The van der Waals surface area contributed by atoms with E-state index in [1.807, 2.05) is 0 Å². The Labute approximate surface area is 103 Å². The molecule has 2 N–H and O–H groups in total. The lowest BCUT2D eigenvalue weighted by molar-refractivity contribution is 0.0735. The van der Waals surface area contributed by atoms with Crippen LogP contribution in [0.15, 0.2) is 0 Å². The van der Waals surface area contributed by atoms with Crippen LogP contribution in [0.1, 0.15) is 0 Å². The molecule has 1 aliphatic heterocycles. The van der Waals surface area contributed by atoms with Crippen molar-refractivity contribution in [1.29, 1.82) is 0 Å². The van der Waals surface area contributed by atoms with Crippen LogP contribution in [0.3, 0.4) is 0 Å². The molecule has 7 nitrogen and oxygen atoms in total. The Morgan fingerprint density at radius 1 is 1.24 bits per heavy atom. The van der Waals surface area contributed by atoms with E-state index in [1.165, 1.54) is 4.31 Å². The number of nitrogens with one attached hydrogen (secondary N) is 2. The second-order valence-electron chi connectivity index (χ2n) is 3.65. The minimum Gasteiger partial charge on any atom is -0.382 e. The van der Waals surface area contributed by atoms with Crippen LogP contribution in [-0.4, -0.2) is 72.4 Å². The third kappa shape index (κ3) is 5.75. The van der Waals surface area contributed by atoms with Gasteiger partial charge in [-0.1, -0.05) is 0 Å². The predicted octanol–water partition coefficient (Wildman–Crippen LogP) is -1.61. The number of ether oxygens (including phenoxy) is 2. The average molecular weight is 267 g/mol. The zero-order chi connectivity index (χ0) is 12.6. The van der Waals surface area contributed by atoms with Gasteiger partial charge in [0.2, 0.25) is 0 Å². The van der Waals surface area contributed by atoms with Gasteiger partial charge in [0.1, 0.15) is 0 Å². The Morgan fingerprint density at radius 3 is 2.59 bits per heavy atom. The highest BCUT2D eigenvalue weighted by molar-refractivity contribution is 7.87. The number of hydrogen-bond acceptors (Lipinski definition) is 5. The Morgan fingerprint density at radius 2 is 1.94 bits per heavy atom. The van der Waals surface area contributed by atoms with Crippen molar-refractivity contribution in [2.45, 2.75) is 0 Å². The molecule has 0 atom stereocenters. The van der Waals surface area contributed by atoms with Crippen LogP contribution < -0.4 is 10.0 Å². The Kier molecular flexibility index (Phi) is 6.93. The second kappa shape index (κ2) is 7.96.